The molecule has 0 rings (SSSR count). The van der Waals surface area contributed by atoms with Crippen LogP contribution in [0.2, 0.25) is 0 Å². The Kier molecular flexibility index (Phi) is 44.1. The van der Waals surface area contributed by atoms with E-state index in [-0.39, 0.29) is 8.41 Å². The Labute approximate surface area is 303 Å². The van der Waals surface area contributed by atoms with E-state index in [1.165, 1.54) is 268 Å². The molecular formula is C45H94BN+. The van der Waals surface area contributed by atoms with Crippen molar-refractivity contribution in [3.63, 3.8) is 0 Å². The van der Waals surface area contributed by atoms with Crippen LogP contribution in [0.25, 0.3) is 0 Å². The van der Waals surface area contributed by atoms with Crippen LogP contribution < -0.4 is 0 Å². The largest absolute Gasteiger partial charge is 0.324 e. The minimum Gasteiger partial charge on any atom is -0.324 e. The monoisotopic (exact) mass is 660 g/mol. The molecule has 2 heteroatoms. The van der Waals surface area contributed by atoms with Gasteiger partial charge >= 0.3 is 0 Å². The first-order valence-corrected chi connectivity index (χ1v) is 22.6. The quantitative estimate of drug-likeness (QED) is 0.0348. The fourth-order valence-electron chi connectivity index (χ4n) is 8.01. The molecule has 0 amide bonds. The molecule has 0 aliphatic rings. The zero-order valence-corrected chi connectivity index (χ0v) is 34.0. The van der Waals surface area contributed by atoms with Crippen molar-refractivity contribution in [3.05, 3.63) is 0 Å². The average molecular weight is 660 g/mol. The maximum absolute atomic E-state index is 2.46. The molecule has 0 fully saturated rings. The van der Waals surface area contributed by atoms with Crippen molar-refractivity contribution in [1.29, 1.82) is 0 Å². The molecule has 0 spiro atoms. The lowest BCUT2D eigenvalue weighted by atomic mass is 10.0. The van der Waals surface area contributed by atoms with Gasteiger partial charge < -0.3 is 4.48 Å². The molecule has 281 valence electrons. The molecule has 1 nitrogen and oxygen atoms in total. The second kappa shape index (κ2) is 42.2. The van der Waals surface area contributed by atoms with E-state index in [0.29, 0.717) is 0 Å². The molecule has 47 heavy (non-hydrogen) atoms. The summed E-state index contributed by atoms with van der Waals surface area (Å²) in [7, 11) is 0. The standard InChI is InChI=1S/C45H94N.B/c1-5-9-12-15-18-21-24-27-30-33-36-39-43-46(42-8-4,44-40-37-34-31-28-25-22-19-16-13-10-6-2)45-41-38-35-32-29-26-23-20-17-14-11-7-3;/h5-45H2,1-4H3;/q+1;. The van der Waals surface area contributed by atoms with Gasteiger partial charge in [-0.3, -0.25) is 0 Å². The third-order valence-corrected chi connectivity index (χ3v) is 11.2. The molecule has 0 heterocycles. The van der Waals surface area contributed by atoms with Gasteiger partial charge in [0.25, 0.3) is 0 Å². The van der Waals surface area contributed by atoms with Crippen molar-refractivity contribution in [2.24, 2.45) is 0 Å². The van der Waals surface area contributed by atoms with Gasteiger partial charge in [0.15, 0.2) is 0 Å². The summed E-state index contributed by atoms with van der Waals surface area (Å²) in [6.45, 7) is 15.3. The molecule has 0 aliphatic carbocycles. The number of hydrogen-bond donors (Lipinski definition) is 0. The van der Waals surface area contributed by atoms with Gasteiger partial charge in [0.05, 0.1) is 26.2 Å². The van der Waals surface area contributed by atoms with Crippen molar-refractivity contribution < 1.29 is 4.48 Å². The smallest absolute Gasteiger partial charge is 0.0786 e. The van der Waals surface area contributed by atoms with Crippen molar-refractivity contribution in [2.45, 2.75) is 265 Å². The Morgan fingerprint density at radius 2 is 0.362 bits per heavy atom. The summed E-state index contributed by atoms with van der Waals surface area (Å²) in [5.74, 6) is 0. The van der Waals surface area contributed by atoms with E-state index in [1.807, 2.05) is 0 Å². The van der Waals surface area contributed by atoms with Crippen LogP contribution in [0.3, 0.4) is 0 Å². The molecule has 0 unspecified atom stereocenters. The van der Waals surface area contributed by atoms with Gasteiger partial charge in [-0.25, -0.2) is 0 Å². The summed E-state index contributed by atoms with van der Waals surface area (Å²) in [5, 5.41) is 0. The van der Waals surface area contributed by atoms with Gasteiger partial charge in [0, 0.05) is 8.41 Å². The van der Waals surface area contributed by atoms with E-state index in [1.54, 1.807) is 0 Å². The summed E-state index contributed by atoms with van der Waals surface area (Å²) < 4.78 is 1.46. The van der Waals surface area contributed by atoms with E-state index in [2.05, 4.69) is 27.7 Å². The van der Waals surface area contributed by atoms with Gasteiger partial charge in [-0.05, 0) is 44.9 Å². The topological polar surface area (TPSA) is 0 Å². The van der Waals surface area contributed by atoms with Crippen LogP contribution in [-0.4, -0.2) is 39.1 Å². The molecule has 0 aromatic heterocycles. The first-order valence-electron chi connectivity index (χ1n) is 22.6. The first-order chi connectivity index (χ1) is 22.7. The van der Waals surface area contributed by atoms with Crippen LogP contribution in [0.1, 0.15) is 265 Å². The van der Waals surface area contributed by atoms with Crippen LogP contribution in [0.5, 0.6) is 0 Å². The van der Waals surface area contributed by atoms with Gasteiger partial charge in [0.2, 0.25) is 0 Å². The summed E-state index contributed by atoms with van der Waals surface area (Å²) in [6.07, 6.45) is 54.3. The Morgan fingerprint density at radius 1 is 0.191 bits per heavy atom. The number of unbranched alkanes of at least 4 members (excludes halogenated alkanes) is 33. The van der Waals surface area contributed by atoms with Crippen LogP contribution >= 0.6 is 0 Å². The van der Waals surface area contributed by atoms with Gasteiger partial charge in [-0.15, -0.1) is 0 Å². The molecule has 0 aliphatic heterocycles. The second-order valence-corrected chi connectivity index (χ2v) is 15.9. The van der Waals surface area contributed by atoms with Crippen LogP contribution in [-0.2, 0) is 0 Å². The Balaban J connectivity index is 0. The Hall–Kier alpha value is 0.0249. The van der Waals surface area contributed by atoms with Crippen molar-refractivity contribution >= 4 is 8.41 Å². The third kappa shape index (κ3) is 37.1. The SMILES string of the molecule is CCCCCCCCCCCCCC[N+](CCC)(CCCCCCCCCCCCCC)CCCCCCCCCCCCCC.[B]. The van der Waals surface area contributed by atoms with E-state index < -0.39 is 0 Å². The van der Waals surface area contributed by atoms with Crippen molar-refractivity contribution in [2.75, 3.05) is 26.2 Å². The van der Waals surface area contributed by atoms with Gasteiger partial charge in [0.1, 0.15) is 0 Å². The minimum absolute atomic E-state index is 0. The molecular weight excluding hydrogens is 565 g/mol. The van der Waals surface area contributed by atoms with Gasteiger partial charge in [-0.1, -0.05) is 220 Å². The molecule has 0 saturated heterocycles. The maximum atomic E-state index is 2.46. The number of quaternary nitrogens is 1. The fourth-order valence-corrected chi connectivity index (χ4v) is 8.01. The number of hydrogen-bond acceptors (Lipinski definition) is 0. The predicted molar refractivity (Wildman–Crippen MR) is 219 cm³/mol. The molecule has 0 bridgehead atoms. The van der Waals surface area contributed by atoms with Crippen LogP contribution in [0.15, 0.2) is 0 Å². The fraction of sp³-hybridized carbons (Fsp3) is 1.00. The van der Waals surface area contributed by atoms with Crippen LogP contribution in [0, 0.1) is 0 Å². The summed E-state index contributed by atoms with van der Waals surface area (Å²) >= 11 is 0. The highest BCUT2D eigenvalue weighted by Crippen LogP contribution is 2.20. The number of nitrogens with zero attached hydrogens (tertiary/aromatic N) is 1. The number of rotatable bonds is 41. The normalized spacial score (nSPS) is 11.7. The van der Waals surface area contributed by atoms with E-state index >= 15 is 0 Å². The molecule has 0 aromatic carbocycles. The van der Waals surface area contributed by atoms with Crippen molar-refractivity contribution in [1.82, 2.24) is 0 Å². The van der Waals surface area contributed by atoms with E-state index in [9.17, 15) is 0 Å². The predicted octanol–water partition coefficient (Wildman–Crippen LogP) is 15.9. The van der Waals surface area contributed by atoms with E-state index in [4.69, 9.17) is 0 Å². The zero-order chi connectivity index (χ0) is 33.5. The Morgan fingerprint density at radius 3 is 0.532 bits per heavy atom. The molecule has 3 radical (unpaired) electrons. The second-order valence-electron chi connectivity index (χ2n) is 15.9. The molecule has 0 aromatic rings. The minimum atomic E-state index is 0. The average Bonchev–Trinajstić information content (AvgIpc) is 3.06. The Bertz CT molecular complexity index is 465. The highest BCUT2D eigenvalue weighted by molar-refractivity contribution is 5.75. The third-order valence-electron chi connectivity index (χ3n) is 11.2. The summed E-state index contributed by atoms with van der Waals surface area (Å²) in [4.78, 5) is 0. The molecule has 0 atom stereocenters. The highest BCUT2D eigenvalue weighted by Gasteiger charge is 2.25. The zero-order valence-electron chi connectivity index (χ0n) is 34.0. The highest BCUT2D eigenvalue weighted by atomic mass is 15.3. The lowest BCUT2D eigenvalue weighted by molar-refractivity contribution is -0.929. The lowest BCUT2D eigenvalue weighted by Crippen LogP contribution is -2.50. The molecule has 0 saturated carbocycles. The van der Waals surface area contributed by atoms with Gasteiger partial charge in [-0.2, -0.15) is 0 Å². The summed E-state index contributed by atoms with van der Waals surface area (Å²) in [6, 6.07) is 0. The van der Waals surface area contributed by atoms with E-state index in [0.717, 1.165) is 0 Å². The molecule has 0 N–H and O–H groups in total. The lowest BCUT2D eigenvalue weighted by Gasteiger charge is -2.39. The maximum Gasteiger partial charge on any atom is 0.0786 e. The van der Waals surface area contributed by atoms with Crippen LogP contribution in [0.4, 0.5) is 0 Å². The van der Waals surface area contributed by atoms with Crippen molar-refractivity contribution in [3.8, 4) is 0 Å². The first kappa shape index (κ1) is 49.1. The summed E-state index contributed by atoms with van der Waals surface area (Å²) in [5.41, 5.74) is 0.